The van der Waals surface area contributed by atoms with Crippen molar-refractivity contribution in [1.29, 1.82) is 0 Å². The van der Waals surface area contributed by atoms with Crippen LogP contribution in [0.25, 0.3) is 0 Å². The number of hydrogen-bond acceptors (Lipinski definition) is 2. The first-order valence-corrected chi connectivity index (χ1v) is 5.07. The molecule has 1 rings (SSSR count). The predicted molar refractivity (Wildman–Crippen MR) is 52.9 cm³/mol. The Balaban J connectivity index is 3.12. The average molecular weight is 255 g/mol. The van der Waals surface area contributed by atoms with Gasteiger partial charge >= 0.3 is 12.1 Å². The average Bonchev–Trinajstić information content (AvgIpc) is 2.16. The van der Waals surface area contributed by atoms with Crippen molar-refractivity contribution in [3.05, 3.63) is 22.3 Å². The summed E-state index contributed by atoms with van der Waals surface area (Å²) in [6.07, 6.45) is -3.60. The van der Waals surface area contributed by atoms with Gasteiger partial charge in [0.2, 0.25) is 0 Å². The van der Waals surface area contributed by atoms with E-state index >= 15 is 0 Å². The van der Waals surface area contributed by atoms with Gasteiger partial charge in [0.25, 0.3) is 0 Å². The number of halogens is 4. The monoisotopic (exact) mass is 254 g/mol. The fourth-order valence-corrected chi connectivity index (χ4v) is 1.58. The lowest BCUT2D eigenvalue weighted by Gasteiger charge is -2.18. The number of hydrogen-bond donors (Lipinski definition) is 0. The Bertz CT molecular complexity index is 356. The Kier molecular flexibility index (Phi) is 4.02. The summed E-state index contributed by atoms with van der Waals surface area (Å²) in [7, 11) is 0. The lowest BCUT2D eigenvalue weighted by Crippen LogP contribution is -2.20. The second kappa shape index (κ2) is 4.91. The summed E-state index contributed by atoms with van der Waals surface area (Å²) in [6.45, 7) is 1.59. The standard InChI is InChI=1S/C10H10ClF3O2/c1-2-16-9(15)7-4-3-6(11)5-8(7)10(12,13)14/h5H,2-4H2,1H3. The van der Waals surface area contributed by atoms with Crippen LogP contribution in [-0.4, -0.2) is 18.8 Å². The zero-order valence-electron chi connectivity index (χ0n) is 8.53. The molecule has 0 unspecified atom stereocenters. The maximum atomic E-state index is 12.6. The first-order valence-electron chi connectivity index (χ1n) is 4.69. The van der Waals surface area contributed by atoms with Crippen LogP contribution in [0.1, 0.15) is 19.8 Å². The molecule has 0 aliphatic heterocycles. The van der Waals surface area contributed by atoms with Crippen molar-refractivity contribution in [2.24, 2.45) is 0 Å². The van der Waals surface area contributed by atoms with Crippen molar-refractivity contribution in [2.45, 2.75) is 25.9 Å². The van der Waals surface area contributed by atoms with Crippen molar-refractivity contribution in [2.75, 3.05) is 6.61 Å². The molecule has 0 spiro atoms. The van der Waals surface area contributed by atoms with Crippen LogP contribution in [0.2, 0.25) is 0 Å². The number of rotatable bonds is 2. The van der Waals surface area contributed by atoms with E-state index in [-0.39, 0.29) is 30.1 Å². The SMILES string of the molecule is CCOC(=O)C1=C(C(F)(F)F)C=C(Cl)CC1. The van der Waals surface area contributed by atoms with E-state index in [1.54, 1.807) is 0 Å². The van der Waals surface area contributed by atoms with Gasteiger partial charge in [0.1, 0.15) is 0 Å². The number of allylic oxidation sites excluding steroid dienone is 3. The molecule has 0 fully saturated rings. The third kappa shape index (κ3) is 3.01. The lowest BCUT2D eigenvalue weighted by molar-refractivity contribution is -0.140. The molecule has 0 radical (unpaired) electrons. The summed E-state index contributed by atoms with van der Waals surface area (Å²) < 4.78 is 42.4. The molecule has 0 heterocycles. The molecule has 0 N–H and O–H groups in total. The van der Waals surface area contributed by atoms with Crippen LogP contribution >= 0.6 is 11.6 Å². The highest BCUT2D eigenvalue weighted by Crippen LogP contribution is 2.37. The van der Waals surface area contributed by atoms with Gasteiger partial charge in [0.05, 0.1) is 12.2 Å². The van der Waals surface area contributed by atoms with E-state index < -0.39 is 17.7 Å². The second-order valence-electron chi connectivity index (χ2n) is 3.20. The third-order valence-electron chi connectivity index (χ3n) is 2.07. The molecule has 0 aromatic heterocycles. The van der Waals surface area contributed by atoms with Gasteiger partial charge in [-0.2, -0.15) is 13.2 Å². The fourth-order valence-electron chi connectivity index (χ4n) is 1.38. The number of alkyl halides is 3. The lowest BCUT2D eigenvalue weighted by atomic mass is 9.97. The largest absolute Gasteiger partial charge is 0.463 e. The summed E-state index contributed by atoms with van der Waals surface area (Å²) >= 11 is 5.54. The topological polar surface area (TPSA) is 26.3 Å². The molecular formula is C10H10ClF3O2. The Morgan fingerprint density at radius 3 is 2.62 bits per heavy atom. The number of ether oxygens (including phenoxy) is 1. The van der Waals surface area contributed by atoms with E-state index in [0.29, 0.717) is 0 Å². The van der Waals surface area contributed by atoms with Crippen molar-refractivity contribution in [3.8, 4) is 0 Å². The molecule has 6 heteroatoms. The molecule has 0 aromatic carbocycles. The Hall–Kier alpha value is -0.970. The molecule has 1 aliphatic carbocycles. The maximum absolute atomic E-state index is 12.6. The van der Waals surface area contributed by atoms with Crippen LogP contribution in [0.3, 0.4) is 0 Å². The summed E-state index contributed by atoms with van der Waals surface area (Å²) in [6, 6.07) is 0. The minimum absolute atomic E-state index is 0.0387. The molecule has 16 heavy (non-hydrogen) atoms. The van der Waals surface area contributed by atoms with Gasteiger partial charge in [0, 0.05) is 10.6 Å². The van der Waals surface area contributed by atoms with Gasteiger partial charge in [-0.25, -0.2) is 4.79 Å². The summed E-state index contributed by atoms with van der Waals surface area (Å²) in [5, 5.41) is 0.0976. The van der Waals surface area contributed by atoms with Crippen LogP contribution < -0.4 is 0 Å². The number of esters is 1. The van der Waals surface area contributed by atoms with E-state index in [1.807, 2.05) is 0 Å². The van der Waals surface area contributed by atoms with E-state index in [9.17, 15) is 18.0 Å². The van der Waals surface area contributed by atoms with Crippen molar-refractivity contribution < 1.29 is 22.7 Å². The molecule has 0 aromatic rings. The number of carbonyl (C=O) groups excluding carboxylic acids is 1. The van der Waals surface area contributed by atoms with E-state index in [2.05, 4.69) is 4.74 Å². The Labute approximate surface area is 95.7 Å². The van der Waals surface area contributed by atoms with Gasteiger partial charge in [-0.15, -0.1) is 0 Å². The van der Waals surface area contributed by atoms with E-state index in [0.717, 1.165) is 6.08 Å². The van der Waals surface area contributed by atoms with E-state index in [4.69, 9.17) is 11.6 Å². The van der Waals surface area contributed by atoms with E-state index in [1.165, 1.54) is 6.92 Å². The zero-order valence-corrected chi connectivity index (χ0v) is 9.28. The van der Waals surface area contributed by atoms with Crippen molar-refractivity contribution in [1.82, 2.24) is 0 Å². The van der Waals surface area contributed by atoms with Crippen LogP contribution in [0.5, 0.6) is 0 Å². The van der Waals surface area contributed by atoms with Crippen LogP contribution in [0.4, 0.5) is 13.2 Å². The summed E-state index contributed by atoms with van der Waals surface area (Å²) in [5.74, 6) is -0.921. The molecule has 0 bridgehead atoms. The van der Waals surface area contributed by atoms with Crippen LogP contribution in [0.15, 0.2) is 22.3 Å². The van der Waals surface area contributed by atoms with Crippen molar-refractivity contribution in [3.63, 3.8) is 0 Å². The molecular weight excluding hydrogens is 245 g/mol. The minimum Gasteiger partial charge on any atom is -0.463 e. The highest BCUT2D eigenvalue weighted by molar-refractivity contribution is 6.30. The minimum atomic E-state index is -4.58. The predicted octanol–water partition coefficient (Wildman–Crippen LogP) is 3.32. The van der Waals surface area contributed by atoms with Gasteiger partial charge in [-0.05, 0) is 25.8 Å². The van der Waals surface area contributed by atoms with Crippen LogP contribution in [-0.2, 0) is 9.53 Å². The Morgan fingerprint density at radius 1 is 1.50 bits per heavy atom. The van der Waals surface area contributed by atoms with Gasteiger partial charge < -0.3 is 4.74 Å². The van der Waals surface area contributed by atoms with Gasteiger partial charge in [-0.3, -0.25) is 0 Å². The highest BCUT2D eigenvalue weighted by atomic mass is 35.5. The van der Waals surface area contributed by atoms with Gasteiger partial charge in [0.15, 0.2) is 0 Å². The zero-order chi connectivity index (χ0) is 12.3. The van der Waals surface area contributed by atoms with Crippen molar-refractivity contribution >= 4 is 17.6 Å². The van der Waals surface area contributed by atoms with Gasteiger partial charge in [-0.1, -0.05) is 11.6 Å². The van der Waals surface area contributed by atoms with Crippen LogP contribution in [0, 0.1) is 0 Å². The highest BCUT2D eigenvalue weighted by Gasteiger charge is 2.38. The molecule has 0 saturated heterocycles. The first-order chi connectivity index (χ1) is 7.36. The molecule has 2 nitrogen and oxygen atoms in total. The second-order valence-corrected chi connectivity index (χ2v) is 3.69. The normalized spacial score (nSPS) is 17.2. The smallest absolute Gasteiger partial charge is 0.416 e. The first kappa shape index (κ1) is 13.1. The summed E-state index contributed by atoms with van der Waals surface area (Å²) in [4.78, 5) is 11.3. The quantitative estimate of drug-likeness (QED) is 0.707. The molecule has 90 valence electrons. The fraction of sp³-hybridized carbons (Fsp3) is 0.500. The third-order valence-corrected chi connectivity index (χ3v) is 2.37. The molecule has 0 amide bonds. The molecule has 0 atom stereocenters. The Morgan fingerprint density at radius 2 is 2.12 bits per heavy atom. The summed E-state index contributed by atoms with van der Waals surface area (Å²) in [5.41, 5.74) is -1.35. The maximum Gasteiger partial charge on any atom is 0.416 e. The number of carbonyl (C=O) groups is 1. The molecule has 0 saturated carbocycles. The molecule has 1 aliphatic rings.